The maximum absolute atomic E-state index is 12.6. The van der Waals surface area contributed by atoms with Crippen molar-refractivity contribution in [2.75, 3.05) is 17.7 Å². The Morgan fingerprint density at radius 2 is 2.17 bits per heavy atom. The number of unbranched alkanes of at least 4 members (excludes halogenated alkanes) is 1. The number of amides is 1. The Balaban J connectivity index is 2.51. The minimum absolute atomic E-state index is 0.0173. The minimum atomic E-state index is -0.735. The molecule has 0 unspecified atom stereocenters. The molecule has 9 heteroatoms. The second kappa shape index (κ2) is 7.31. The quantitative estimate of drug-likeness (QED) is 0.787. The number of nitrogens with two attached hydrogens (primary N) is 1. The molecule has 0 aliphatic rings. The van der Waals surface area contributed by atoms with Crippen LogP contribution in [0, 0.1) is 0 Å². The molecule has 0 bridgehead atoms. The van der Waals surface area contributed by atoms with Gasteiger partial charge in [0.1, 0.15) is 11.0 Å². The summed E-state index contributed by atoms with van der Waals surface area (Å²) in [6, 6.07) is 3.05. The van der Waals surface area contributed by atoms with Crippen molar-refractivity contribution in [2.24, 2.45) is 0 Å². The van der Waals surface area contributed by atoms with E-state index in [1.807, 2.05) is 6.92 Å². The SMILES string of the molecule is CCCCn1c(N)c(N(C)C(=O)c2cccnc2Cl)c(=O)[nH]c1=O. The van der Waals surface area contributed by atoms with Gasteiger partial charge in [-0.05, 0) is 18.6 Å². The van der Waals surface area contributed by atoms with Gasteiger partial charge < -0.3 is 10.6 Å². The lowest BCUT2D eigenvalue weighted by Crippen LogP contribution is -2.39. The first kappa shape index (κ1) is 17.7. The number of nitrogen functional groups attached to an aromatic ring is 1. The van der Waals surface area contributed by atoms with E-state index in [4.69, 9.17) is 17.3 Å². The lowest BCUT2D eigenvalue weighted by molar-refractivity contribution is 0.0992. The zero-order chi connectivity index (χ0) is 17.9. The summed E-state index contributed by atoms with van der Waals surface area (Å²) in [5, 5.41) is 0.0173. The van der Waals surface area contributed by atoms with Crippen LogP contribution in [0.1, 0.15) is 30.1 Å². The number of nitrogens with zero attached hydrogens (tertiary/aromatic N) is 3. The van der Waals surface area contributed by atoms with Crippen molar-refractivity contribution in [3.8, 4) is 0 Å². The molecule has 1 amide bonds. The lowest BCUT2D eigenvalue weighted by atomic mass is 10.2. The third kappa shape index (κ3) is 3.33. The van der Waals surface area contributed by atoms with Crippen LogP contribution in [0.2, 0.25) is 5.15 Å². The molecule has 0 spiro atoms. The molecule has 0 aliphatic carbocycles. The molecular weight excluding hydrogens is 334 g/mol. The first-order valence-corrected chi connectivity index (χ1v) is 7.77. The third-order valence-corrected chi connectivity index (χ3v) is 3.88. The van der Waals surface area contributed by atoms with Crippen LogP contribution in [-0.4, -0.2) is 27.5 Å². The number of carbonyl (C=O) groups is 1. The number of hydrogen-bond acceptors (Lipinski definition) is 5. The largest absolute Gasteiger partial charge is 0.383 e. The number of aromatic nitrogens is 3. The summed E-state index contributed by atoms with van der Waals surface area (Å²) >= 11 is 5.92. The van der Waals surface area contributed by atoms with E-state index in [2.05, 4.69) is 9.97 Å². The van der Waals surface area contributed by atoms with E-state index in [1.54, 1.807) is 6.07 Å². The Morgan fingerprint density at radius 3 is 2.79 bits per heavy atom. The van der Waals surface area contributed by atoms with E-state index in [0.717, 1.165) is 11.3 Å². The van der Waals surface area contributed by atoms with E-state index in [9.17, 15) is 14.4 Å². The van der Waals surface area contributed by atoms with E-state index in [1.165, 1.54) is 23.9 Å². The van der Waals surface area contributed by atoms with Crippen LogP contribution in [0.25, 0.3) is 0 Å². The summed E-state index contributed by atoms with van der Waals surface area (Å²) in [5.74, 6) is -0.612. The molecule has 0 saturated heterocycles. The summed E-state index contributed by atoms with van der Waals surface area (Å²) in [6.45, 7) is 2.31. The van der Waals surface area contributed by atoms with E-state index in [0.29, 0.717) is 13.0 Å². The Bertz CT molecular complexity index is 874. The number of nitrogens with one attached hydrogen (secondary N) is 1. The maximum atomic E-state index is 12.6. The molecule has 3 N–H and O–H groups in total. The molecule has 2 rings (SSSR count). The molecular formula is C15H18ClN5O3. The van der Waals surface area contributed by atoms with E-state index < -0.39 is 17.2 Å². The molecule has 0 radical (unpaired) electrons. The molecule has 2 heterocycles. The summed E-state index contributed by atoms with van der Waals surface area (Å²) < 4.78 is 1.24. The van der Waals surface area contributed by atoms with Gasteiger partial charge in [-0.15, -0.1) is 0 Å². The van der Waals surface area contributed by atoms with E-state index in [-0.39, 0.29) is 22.2 Å². The number of carbonyl (C=O) groups excluding carboxylic acids is 1. The molecule has 8 nitrogen and oxygen atoms in total. The average molecular weight is 352 g/mol. The molecule has 2 aromatic heterocycles. The highest BCUT2D eigenvalue weighted by atomic mass is 35.5. The van der Waals surface area contributed by atoms with Crippen LogP contribution in [0.5, 0.6) is 0 Å². The van der Waals surface area contributed by atoms with Crippen LogP contribution >= 0.6 is 11.6 Å². The number of rotatable bonds is 5. The van der Waals surface area contributed by atoms with Crippen molar-refractivity contribution in [2.45, 2.75) is 26.3 Å². The first-order valence-electron chi connectivity index (χ1n) is 7.39. The number of anilines is 2. The Labute approximate surface area is 142 Å². The van der Waals surface area contributed by atoms with Gasteiger partial charge in [-0.25, -0.2) is 9.78 Å². The molecule has 0 aliphatic heterocycles. The standard InChI is InChI=1S/C15H18ClN5O3/c1-3-4-8-21-12(17)10(13(22)19-15(21)24)20(2)14(23)9-6-5-7-18-11(9)16/h5-7H,3-4,8,17H2,1-2H3,(H,19,22,24). The van der Waals surface area contributed by atoms with Gasteiger partial charge in [0.25, 0.3) is 11.5 Å². The van der Waals surface area contributed by atoms with Crippen molar-refractivity contribution in [1.82, 2.24) is 14.5 Å². The highest BCUT2D eigenvalue weighted by Gasteiger charge is 2.23. The summed E-state index contributed by atoms with van der Waals surface area (Å²) in [4.78, 5) is 43.8. The molecule has 2 aromatic rings. The van der Waals surface area contributed by atoms with Crippen LogP contribution in [0.15, 0.2) is 27.9 Å². The van der Waals surface area contributed by atoms with Crippen LogP contribution in [-0.2, 0) is 6.54 Å². The normalized spacial score (nSPS) is 10.6. The highest BCUT2D eigenvalue weighted by molar-refractivity contribution is 6.33. The van der Waals surface area contributed by atoms with Crippen molar-refractivity contribution in [3.63, 3.8) is 0 Å². The third-order valence-electron chi connectivity index (χ3n) is 3.58. The zero-order valence-electron chi connectivity index (χ0n) is 13.4. The number of H-pyrrole nitrogens is 1. The monoisotopic (exact) mass is 351 g/mol. The van der Waals surface area contributed by atoms with Crippen molar-refractivity contribution in [1.29, 1.82) is 0 Å². The fourth-order valence-corrected chi connectivity index (χ4v) is 2.47. The smallest absolute Gasteiger partial charge is 0.330 e. The minimum Gasteiger partial charge on any atom is -0.383 e. The molecule has 0 saturated carbocycles. The van der Waals surface area contributed by atoms with Gasteiger partial charge in [0.05, 0.1) is 5.56 Å². The van der Waals surface area contributed by atoms with Crippen molar-refractivity contribution < 1.29 is 4.79 Å². The number of pyridine rings is 1. The van der Waals surface area contributed by atoms with E-state index >= 15 is 0 Å². The summed E-state index contributed by atoms with van der Waals surface area (Å²) in [7, 11) is 1.39. The van der Waals surface area contributed by atoms with Gasteiger partial charge in [-0.3, -0.25) is 19.1 Å². The van der Waals surface area contributed by atoms with Gasteiger partial charge in [0.2, 0.25) is 0 Å². The predicted octanol–water partition coefficient (Wildman–Crippen LogP) is 1.24. The molecule has 0 fully saturated rings. The van der Waals surface area contributed by atoms with Gasteiger partial charge in [-0.2, -0.15) is 0 Å². The average Bonchev–Trinajstić information content (AvgIpc) is 2.54. The Kier molecular flexibility index (Phi) is 5.40. The van der Waals surface area contributed by atoms with Crippen molar-refractivity contribution in [3.05, 3.63) is 49.9 Å². The number of halogens is 1. The van der Waals surface area contributed by atoms with Gasteiger partial charge in [0.15, 0.2) is 5.69 Å². The van der Waals surface area contributed by atoms with Gasteiger partial charge in [-0.1, -0.05) is 24.9 Å². The second-order valence-corrected chi connectivity index (χ2v) is 5.56. The second-order valence-electron chi connectivity index (χ2n) is 5.20. The van der Waals surface area contributed by atoms with Crippen LogP contribution < -0.4 is 21.9 Å². The molecule has 0 aromatic carbocycles. The lowest BCUT2D eigenvalue weighted by Gasteiger charge is -2.20. The topological polar surface area (TPSA) is 114 Å². The van der Waals surface area contributed by atoms with Crippen LogP contribution in [0.3, 0.4) is 0 Å². The first-order chi connectivity index (χ1) is 11.4. The number of aromatic amines is 1. The Morgan fingerprint density at radius 1 is 1.46 bits per heavy atom. The summed E-state index contributed by atoms with van der Waals surface area (Å²) in [5.41, 5.74) is 4.67. The highest BCUT2D eigenvalue weighted by Crippen LogP contribution is 2.20. The van der Waals surface area contributed by atoms with Crippen molar-refractivity contribution >= 4 is 29.0 Å². The predicted molar refractivity (Wildman–Crippen MR) is 92.6 cm³/mol. The maximum Gasteiger partial charge on any atom is 0.330 e. The van der Waals surface area contributed by atoms with Gasteiger partial charge >= 0.3 is 5.69 Å². The molecule has 24 heavy (non-hydrogen) atoms. The number of hydrogen-bond donors (Lipinski definition) is 2. The fourth-order valence-electron chi connectivity index (χ4n) is 2.27. The van der Waals surface area contributed by atoms with Crippen LogP contribution in [0.4, 0.5) is 11.5 Å². The molecule has 128 valence electrons. The molecule has 0 atom stereocenters. The zero-order valence-corrected chi connectivity index (χ0v) is 14.1. The fraction of sp³-hybridized carbons (Fsp3) is 0.333. The summed E-state index contributed by atoms with van der Waals surface area (Å²) in [6.07, 6.45) is 3.01. The Hall–Kier alpha value is -2.61. The van der Waals surface area contributed by atoms with Gasteiger partial charge in [0, 0.05) is 19.8 Å².